The van der Waals surface area contributed by atoms with Crippen molar-refractivity contribution in [2.24, 2.45) is 5.92 Å². The molecule has 0 aromatic carbocycles. The van der Waals surface area contributed by atoms with Crippen LogP contribution in [0, 0.1) is 5.92 Å². The highest BCUT2D eigenvalue weighted by Crippen LogP contribution is 2.24. The number of aliphatic carboxylic acids is 1. The summed E-state index contributed by atoms with van der Waals surface area (Å²) in [6.45, 7) is 5.50. The molecule has 20 heavy (non-hydrogen) atoms. The van der Waals surface area contributed by atoms with Gasteiger partial charge in [0.25, 0.3) is 0 Å². The van der Waals surface area contributed by atoms with Crippen molar-refractivity contribution in [1.82, 2.24) is 9.97 Å². The second-order valence-electron chi connectivity index (χ2n) is 5.39. The Morgan fingerprint density at radius 3 is 2.80 bits per heavy atom. The number of carbonyl (C=O) groups is 1. The van der Waals surface area contributed by atoms with Crippen molar-refractivity contribution in [3.8, 4) is 5.88 Å². The number of piperidine rings is 1. The number of carboxylic acids is 1. The Labute approximate surface area is 118 Å². The van der Waals surface area contributed by atoms with Crippen molar-refractivity contribution in [3.63, 3.8) is 0 Å². The summed E-state index contributed by atoms with van der Waals surface area (Å²) in [5, 5.41) is 8.81. The first kappa shape index (κ1) is 14.6. The highest BCUT2D eigenvalue weighted by atomic mass is 16.5. The molecule has 1 N–H and O–H groups in total. The maximum atomic E-state index is 10.7. The minimum absolute atomic E-state index is 0.0825. The zero-order chi connectivity index (χ0) is 14.5. The number of ether oxygens (including phenoxy) is 1. The smallest absolute Gasteiger partial charge is 0.303 e. The Morgan fingerprint density at radius 2 is 2.20 bits per heavy atom. The summed E-state index contributed by atoms with van der Waals surface area (Å²) in [4.78, 5) is 21.5. The fourth-order valence-electron chi connectivity index (χ4n) is 2.38. The van der Waals surface area contributed by atoms with Crippen LogP contribution in [0.4, 0.5) is 5.95 Å². The monoisotopic (exact) mass is 279 g/mol. The number of hydrogen-bond acceptors (Lipinski definition) is 5. The standard InChI is InChI=1S/C14H21N3O3/c1-10(2)20-12-3-6-15-14(16-12)17-7-4-11(5-8-17)9-13(18)19/h3,6,10-11H,4-5,7-9H2,1-2H3,(H,18,19). The maximum Gasteiger partial charge on any atom is 0.303 e. The lowest BCUT2D eigenvalue weighted by Crippen LogP contribution is -2.35. The Kier molecular flexibility index (Phi) is 4.76. The molecule has 2 rings (SSSR count). The van der Waals surface area contributed by atoms with Crippen LogP contribution < -0.4 is 9.64 Å². The molecule has 0 radical (unpaired) electrons. The van der Waals surface area contributed by atoms with Gasteiger partial charge in [0.2, 0.25) is 11.8 Å². The van der Waals surface area contributed by atoms with Gasteiger partial charge in [-0.05, 0) is 32.6 Å². The van der Waals surface area contributed by atoms with Crippen LogP contribution >= 0.6 is 0 Å². The molecule has 0 amide bonds. The van der Waals surface area contributed by atoms with Gasteiger partial charge in [-0.3, -0.25) is 4.79 Å². The third-order valence-electron chi connectivity index (χ3n) is 3.33. The van der Waals surface area contributed by atoms with Crippen molar-refractivity contribution in [3.05, 3.63) is 12.3 Å². The molecule has 6 heteroatoms. The van der Waals surface area contributed by atoms with Crippen molar-refractivity contribution in [2.75, 3.05) is 18.0 Å². The van der Waals surface area contributed by atoms with Crippen LogP contribution in [0.2, 0.25) is 0 Å². The predicted molar refractivity (Wildman–Crippen MR) is 75.0 cm³/mol. The molecular weight excluding hydrogens is 258 g/mol. The van der Waals surface area contributed by atoms with E-state index in [9.17, 15) is 4.79 Å². The number of carboxylic acid groups (broad SMARTS) is 1. The number of rotatable bonds is 5. The summed E-state index contributed by atoms with van der Waals surface area (Å²) >= 11 is 0. The number of aromatic nitrogens is 2. The van der Waals surface area contributed by atoms with E-state index >= 15 is 0 Å². The van der Waals surface area contributed by atoms with Crippen LogP contribution in [0.5, 0.6) is 5.88 Å². The molecule has 1 fully saturated rings. The van der Waals surface area contributed by atoms with Gasteiger partial charge >= 0.3 is 5.97 Å². The Bertz CT molecular complexity index is 457. The zero-order valence-corrected chi connectivity index (χ0v) is 12.0. The van der Waals surface area contributed by atoms with E-state index < -0.39 is 5.97 Å². The van der Waals surface area contributed by atoms with Crippen LogP contribution in [-0.4, -0.2) is 40.2 Å². The SMILES string of the molecule is CC(C)Oc1ccnc(N2CCC(CC(=O)O)CC2)n1. The molecule has 1 aliphatic heterocycles. The van der Waals surface area contributed by atoms with Gasteiger partial charge in [0.15, 0.2) is 0 Å². The molecule has 0 atom stereocenters. The van der Waals surface area contributed by atoms with Gasteiger partial charge in [-0.1, -0.05) is 0 Å². The lowest BCUT2D eigenvalue weighted by molar-refractivity contribution is -0.138. The number of hydrogen-bond donors (Lipinski definition) is 1. The molecule has 0 spiro atoms. The zero-order valence-electron chi connectivity index (χ0n) is 12.0. The van der Waals surface area contributed by atoms with Crippen LogP contribution in [0.1, 0.15) is 33.1 Å². The lowest BCUT2D eigenvalue weighted by Gasteiger charge is -2.31. The molecule has 1 aromatic heterocycles. The number of nitrogens with zero attached hydrogens (tertiary/aromatic N) is 3. The third-order valence-corrected chi connectivity index (χ3v) is 3.33. The number of anilines is 1. The van der Waals surface area contributed by atoms with Gasteiger partial charge < -0.3 is 14.7 Å². The summed E-state index contributed by atoms with van der Waals surface area (Å²) in [6, 6.07) is 1.75. The molecule has 0 saturated carbocycles. The largest absolute Gasteiger partial charge is 0.481 e. The average Bonchev–Trinajstić information content (AvgIpc) is 2.38. The molecule has 6 nitrogen and oxygen atoms in total. The van der Waals surface area contributed by atoms with Crippen molar-refractivity contribution in [1.29, 1.82) is 0 Å². The summed E-state index contributed by atoms with van der Waals surface area (Å²) in [6.07, 6.45) is 3.77. The van der Waals surface area contributed by atoms with Gasteiger partial charge in [-0.25, -0.2) is 4.98 Å². The molecule has 2 heterocycles. The molecule has 0 aliphatic carbocycles. The first-order valence-electron chi connectivity index (χ1n) is 7.01. The minimum Gasteiger partial charge on any atom is -0.481 e. The maximum absolute atomic E-state index is 10.7. The Balaban J connectivity index is 1.94. The van der Waals surface area contributed by atoms with Gasteiger partial charge in [-0.15, -0.1) is 0 Å². The highest BCUT2D eigenvalue weighted by Gasteiger charge is 2.23. The van der Waals surface area contributed by atoms with E-state index in [0.717, 1.165) is 25.9 Å². The third kappa shape index (κ3) is 4.08. The van der Waals surface area contributed by atoms with E-state index in [1.54, 1.807) is 12.3 Å². The quantitative estimate of drug-likeness (QED) is 0.888. The van der Waals surface area contributed by atoms with Gasteiger partial charge in [-0.2, -0.15) is 4.98 Å². The van der Waals surface area contributed by atoms with E-state index in [-0.39, 0.29) is 18.4 Å². The first-order valence-corrected chi connectivity index (χ1v) is 7.01. The van der Waals surface area contributed by atoms with E-state index in [2.05, 4.69) is 14.9 Å². The van der Waals surface area contributed by atoms with Gasteiger partial charge in [0.05, 0.1) is 6.10 Å². The van der Waals surface area contributed by atoms with Crippen LogP contribution in [0.25, 0.3) is 0 Å². The Hall–Kier alpha value is -1.85. The second-order valence-corrected chi connectivity index (χ2v) is 5.39. The van der Waals surface area contributed by atoms with Crippen LogP contribution in [0.15, 0.2) is 12.3 Å². The predicted octanol–water partition coefficient (Wildman–Crippen LogP) is 1.95. The molecule has 110 valence electrons. The van der Waals surface area contributed by atoms with Gasteiger partial charge in [0, 0.05) is 31.8 Å². The van der Waals surface area contributed by atoms with Crippen molar-refractivity contribution in [2.45, 2.75) is 39.2 Å². The minimum atomic E-state index is -0.716. The van der Waals surface area contributed by atoms with E-state index in [0.29, 0.717) is 11.8 Å². The van der Waals surface area contributed by atoms with Gasteiger partial charge in [0.1, 0.15) is 0 Å². The molecule has 1 saturated heterocycles. The summed E-state index contributed by atoms with van der Waals surface area (Å²) in [5.74, 6) is 0.792. The lowest BCUT2D eigenvalue weighted by atomic mass is 9.94. The fourth-order valence-corrected chi connectivity index (χ4v) is 2.38. The Morgan fingerprint density at radius 1 is 1.50 bits per heavy atom. The van der Waals surface area contributed by atoms with Crippen molar-refractivity contribution >= 4 is 11.9 Å². The van der Waals surface area contributed by atoms with Crippen LogP contribution in [-0.2, 0) is 4.79 Å². The van der Waals surface area contributed by atoms with Crippen molar-refractivity contribution < 1.29 is 14.6 Å². The van der Waals surface area contributed by atoms with E-state index in [1.807, 2.05) is 13.8 Å². The first-order chi connectivity index (χ1) is 9.54. The molecule has 1 aromatic rings. The summed E-state index contributed by atoms with van der Waals surface area (Å²) < 4.78 is 5.56. The molecule has 0 bridgehead atoms. The topological polar surface area (TPSA) is 75.5 Å². The molecule has 0 unspecified atom stereocenters. The van der Waals surface area contributed by atoms with Crippen LogP contribution in [0.3, 0.4) is 0 Å². The second kappa shape index (κ2) is 6.54. The van der Waals surface area contributed by atoms with E-state index in [4.69, 9.17) is 9.84 Å². The summed E-state index contributed by atoms with van der Waals surface area (Å²) in [7, 11) is 0. The highest BCUT2D eigenvalue weighted by molar-refractivity contribution is 5.67. The fraction of sp³-hybridized carbons (Fsp3) is 0.643. The van der Waals surface area contributed by atoms with E-state index in [1.165, 1.54) is 0 Å². The summed E-state index contributed by atoms with van der Waals surface area (Å²) in [5.41, 5.74) is 0. The average molecular weight is 279 g/mol. The molecular formula is C14H21N3O3. The molecule has 1 aliphatic rings. The normalized spacial score (nSPS) is 16.4.